The van der Waals surface area contributed by atoms with Gasteiger partial charge in [0.05, 0.1) is 11.7 Å². The van der Waals surface area contributed by atoms with Crippen molar-refractivity contribution in [3.63, 3.8) is 0 Å². The van der Waals surface area contributed by atoms with Crippen molar-refractivity contribution in [2.24, 2.45) is 0 Å². The average Bonchev–Trinajstić information content (AvgIpc) is 2.47. The molecule has 0 saturated heterocycles. The molecule has 2 aromatic rings. The average molecular weight is 159 g/mol. The van der Waals surface area contributed by atoms with E-state index < -0.39 is 0 Å². The van der Waals surface area contributed by atoms with Crippen molar-refractivity contribution in [3.05, 3.63) is 31.1 Å². The first-order chi connectivity index (χ1) is 5.79. The number of rotatable bonds is 1. The van der Waals surface area contributed by atoms with Crippen LogP contribution in [0.25, 0.3) is 16.7 Å². The van der Waals surface area contributed by atoms with Crippen LogP contribution in [0.15, 0.2) is 31.1 Å². The molecule has 0 unspecified atom stereocenters. The molecule has 0 aromatic carbocycles. The Morgan fingerprint density at radius 1 is 1.58 bits per heavy atom. The van der Waals surface area contributed by atoms with Crippen LogP contribution in [-0.2, 0) is 0 Å². The molecule has 60 valence electrons. The Morgan fingerprint density at radius 2 is 2.42 bits per heavy atom. The SMILES string of the molecule is C=C(C)n1ncc2ncccc21. The van der Waals surface area contributed by atoms with Crippen LogP contribution in [0, 0.1) is 0 Å². The van der Waals surface area contributed by atoms with E-state index in [-0.39, 0.29) is 0 Å². The van der Waals surface area contributed by atoms with E-state index in [1.165, 1.54) is 0 Å². The molecular weight excluding hydrogens is 150 g/mol. The van der Waals surface area contributed by atoms with Gasteiger partial charge in [-0.05, 0) is 19.1 Å². The molecule has 0 aliphatic heterocycles. The summed E-state index contributed by atoms with van der Waals surface area (Å²) in [5.74, 6) is 0. The molecule has 3 heteroatoms. The Labute approximate surface area is 70.3 Å². The lowest BCUT2D eigenvalue weighted by Crippen LogP contribution is -1.93. The predicted molar refractivity (Wildman–Crippen MR) is 48.5 cm³/mol. The normalized spacial score (nSPS) is 10.4. The first-order valence-corrected chi connectivity index (χ1v) is 3.73. The molecule has 0 spiro atoms. The summed E-state index contributed by atoms with van der Waals surface area (Å²) in [5.41, 5.74) is 2.81. The molecule has 0 N–H and O–H groups in total. The molecule has 12 heavy (non-hydrogen) atoms. The van der Waals surface area contributed by atoms with Gasteiger partial charge in [-0.15, -0.1) is 0 Å². The van der Waals surface area contributed by atoms with Gasteiger partial charge in [-0.3, -0.25) is 4.98 Å². The number of hydrogen-bond donors (Lipinski definition) is 0. The van der Waals surface area contributed by atoms with E-state index in [0.717, 1.165) is 16.7 Å². The highest BCUT2D eigenvalue weighted by molar-refractivity contribution is 5.76. The van der Waals surface area contributed by atoms with Crippen LogP contribution in [-0.4, -0.2) is 14.8 Å². The minimum atomic E-state index is 0.901. The van der Waals surface area contributed by atoms with Crippen molar-refractivity contribution in [2.75, 3.05) is 0 Å². The van der Waals surface area contributed by atoms with Gasteiger partial charge in [-0.1, -0.05) is 6.58 Å². The third kappa shape index (κ3) is 0.906. The maximum Gasteiger partial charge on any atom is 0.109 e. The molecule has 3 nitrogen and oxygen atoms in total. The summed E-state index contributed by atoms with van der Waals surface area (Å²) in [6.07, 6.45) is 3.50. The summed E-state index contributed by atoms with van der Waals surface area (Å²) in [5, 5.41) is 4.15. The smallest absolute Gasteiger partial charge is 0.109 e. The molecule has 2 aromatic heterocycles. The first kappa shape index (κ1) is 7.03. The second-order valence-electron chi connectivity index (χ2n) is 2.70. The van der Waals surface area contributed by atoms with Gasteiger partial charge in [0.2, 0.25) is 0 Å². The first-order valence-electron chi connectivity index (χ1n) is 3.73. The molecule has 0 aliphatic rings. The van der Waals surface area contributed by atoms with Gasteiger partial charge in [-0.2, -0.15) is 5.10 Å². The summed E-state index contributed by atoms with van der Waals surface area (Å²) >= 11 is 0. The molecule has 0 atom stereocenters. The van der Waals surface area contributed by atoms with Crippen LogP contribution in [0.2, 0.25) is 0 Å². The topological polar surface area (TPSA) is 30.7 Å². The van der Waals surface area contributed by atoms with Gasteiger partial charge in [0, 0.05) is 11.9 Å². The number of allylic oxidation sites excluding steroid dienone is 1. The van der Waals surface area contributed by atoms with Gasteiger partial charge in [0.15, 0.2) is 0 Å². The largest absolute Gasteiger partial charge is 0.253 e. The van der Waals surface area contributed by atoms with Gasteiger partial charge >= 0.3 is 0 Å². The maximum absolute atomic E-state index is 4.16. The summed E-state index contributed by atoms with van der Waals surface area (Å²) in [6, 6.07) is 3.87. The number of fused-ring (bicyclic) bond motifs is 1. The summed E-state index contributed by atoms with van der Waals surface area (Å²) in [6.45, 7) is 5.74. The summed E-state index contributed by atoms with van der Waals surface area (Å²) < 4.78 is 1.78. The molecule has 0 radical (unpaired) electrons. The standard InChI is InChI=1S/C9H9N3/c1-7(2)12-9-4-3-5-10-8(9)6-11-12/h3-6H,1H2,2H3. The van der Waals surface area contributed by atoms with Gasteiger partial charge < -0.3 is 0 Å². The minimum Gasteiger partial charge on any atom is -0.253 e. The van der Waals surface area contributed by atoms with Crippen LogP contribution in [0.4, 0.5) is 0 Å². The fraction of sp³-hybridized carbons (Fsp3) is 0.111. The van der Waals surface area contributed by atoms with E-state index in [0.29, 0.717) is 0 Å². The Hall–Kier alpha value is -1.64. The number of nitrogens with zero attached hydrogens (tertiary/aromatic N) is 3. The van der Waals surface area contributed by atoms with E-state index in [1.807, 2.05) is 19.1 Å². The van der Waals surface area contributed by atoms with Crippen molar-refractivity contribution in [3.8, 4) is 0 Å². The molecule has 0 bridgehead atoms. The molecule has 0 saturated carbocycles. The van der Waals surface area contributed by atoms with E-state index >= 15 is 0 Å². The van der Waals surface area contributed by atoms with E-state index in [4.69, 9.17) is 0 Å². The second-order valence-corrected chi connectivity index (χ2v) is 2.70. The van der Waals surface area contributed by atoms with Crippen LogP contribution in [0.1, 0.15) is 6.92 Å². The van der Waals surface area contributed by atoms with Crippen LogP contribution in [0.3, 0.4) is 0 Å². The summed E-state index contributed by atoms with van der Waals surface area (Å²) in [7, 11) is 0. The lowest BCUT2D eigenvalue weighted by Gasteiger charge is -1.98. The minimum absolute atomic E-state index is 0.901. The predicted octanol–water partition coefficient (Wildman–Crippen LogP) is 1.92. The Balaban J connectivity index is 2.79. The third-order valence-electron chi connectivity index (χ3n) is 1.70. The third-order valence-corrected chi connectivity index (χ3v) is 1.70. The lowest BCUT2D eigenvalue weighted by atomic mass is 10.4. The zero-order valence-corrected chi connectivity index (χ0v) is 6.86. The van der Waals surface area contributed by atoms with Crippen molar-refractivity contribution in [1.29, 1.82) is 0 Å². The quantitative estimate of drug-likeness (QED) is 0.636. The molecule has 0 amide bonds. The van der Waals surface area contributed by atoms with Gasteiger partial charge in [0.25, 0.3) is 0 Å². The Bertz CT molecular complexity index is 428. The number of aromatic nitrogens is 3. The highest BCUT2D eigenvalue weighted by Gasteiger charge is 2.01. The highest BCUT2D eigenvalue weighted by atomic mass is 15.3. The van der Waals surface area contributed by atoms with Crippen molar-refractivity contribution in [1.82, 2.24) is 14.8 Å². The molecule has 2 rings (SSSR count). The second kappa shape index (κ2) is 2.44. The fourth-order valence-corrected chi connectivity index (χ4v) is 1.17. The zero-order chi connectivity index (χ0) is 8.55. The highest BCUT2D eigenvalue weighted by Crippen LogP contribution is 2.12. The fourth-order valence-electron chi connectivity index (χ4n) is 1.17. The Morgan fingerprint density at radius 3 is 3.17 bits per heavy atom. The lowest BCUT2D eigenvalue weighted by molar-refractivity contribution is 0.928. The van der Waals surface area contributed by atoms with Crippen LogP contribution >= 0.6 is 0 Å². The van der Waals surface area contributed by atoms with Crippen molar-refractivity contribution in [2.45, 2.75) is 6.92 Å². The van der Waals surface area contributed by atoms with E-state index in [1.54, 1.807) is 17.1 Å². The summed E-state index contributed by atoms with van der Waals surface area (Å²) in [4.78, 5) is 4.16. The molecule has 0 aliphatic carbocycles. The monoisotopic (exact) mass is 159 g/mol. The number of hydrogen-bond acceptors (Lipinski definition) is 2. The number of pyridine rings is 1. The Kier molecular flexibility index (Phi) is 1.43. The molecule has 0 fully saturated rings. The van der Waals surface area contributed by atoms with Crippen molar-refractivity contribution < 1.29 is 0 Å². The van der Waals surface area contributed by atoms with Gasteiger partial charge in [0.1, 0.15) is 5.52 Å². The van der Waals surface area contributed by atoms with Crippen LogP contribution in [0.5, 0.6) is 0 Å². The van der Waals surface area contributed by atoms with Crippen LogP contribution < -0.4 is 0 Å². The van der Waals surface area contributed by atoms with E-state index in [2.05, 4.69) is 16.7 Å². The zero-order valence-electron chi connectivity index (χ0n) is 6.86. The molecular formula is C9H9N3. The maximum atomic E-state index is 4.16. The van der Waals surface area contributed by atoms with Gasteiger partial charge in [-0.25, -0.2) is 4.68 Å². The van der Waals surface area contributed by atoms with E-state index in [9.17, 15) is 0 Å². The molecule has 2 heterocycles. The van der Waals surface area contributed by atoms with Crippen molar-refractivity contribution >= 4 is 16.7 Å².